The molecule has 3 heteroatoms. The van der Waals surface area contributed by atoms with Gasteiger partial charge >= 0.3 is 0 Å². The van der Waals surface area contributed by atoms with Crippen molar-refractivity contribution < 1.29 is 0 Å². The normalized spacial score (nSPS) is 24.4. The van der Waals surface area contributed by atoms with Crippen LogP contribution in [0.4, 0.5) is 5.82 Å². The number of nitrogens with one attached hydrogen (secondary N) is 1. The molecule has 2 fully saturated rings. The van der Waals surface area contributed by atoms with E-state index in [0.717, 1.165) is 5.82 Å². The van der Waals surface area contributed by atoms with Crippen molar-refractivity contribution in [3.63, 3.8) is 0 Å². The molecule has 0 amide bonds. The van der Waals surface area contributed by atoms with Crippen molar-refractivity contribution in [3.05, 3.63) is 23.9 Å². The fraction of sp³-hybridized carbons (Fsp3) is 0.667. The maximum atomic E-state index is 4.56. The van der Waals surface area contributed by atoms with E-state index in [1.807, 2.05) is 6.20 Å². The molecule has 3 nitrogen and oxygen atoms in total. The zero-order valence-electron chi connectivity index (χ0n) is 11.2. The lowest BCUT2D eigenvalue weighted by Crippen LogP contribution is -2.25. The number of likely N-dealkylation sites (tertiary alicyclic amines) is 1. The highest BCUT2D eigenvalue weighted by atomic mass is 15.2. The van der Waals surface area contributed by atoms with E-state index in [0.29, 0.717) is 12.1 Å². The van der Waals surface area contributed by atoms with E-state index in [1.165, 1.54) is 50.8 Å². The molecule has 98 valence electrons. The summed E-state index contributed by atoms with van der Waals surface area (Å²) >= 11 is 0. The molecule has 3 rings (SSSR count). The zero-order valence-corrected chi connectivity index (χ0v) is 11.2. The van der Waals surface area contributed by atoms with E-state index in [2.05, 4.69) is 34.3 Å². The molecule has 1 aliphatic heterocycles. The highest BCUT2D eigenvalue weighted by Crippen LogP contribution is 2.36. The minimum Gasteiger partial charge on any atom is -0.367 e. The van der Waals surface area contributed by atoms with Crippen LogP contribution in [0.3, 0.4) is 0 Å². The van der Waals surface area contributed by atoms with Gasteiger partial charge in [0.25, 0.3) is 0 Å². The maximum Gasteiger partial charge on any atom is 0.130 e. The average Bonchev–Trinajstić information content (AvgIpc) is 3.08. The third kappa shape index (κ3) is 2.51. The summed E-state index contributed by atoms with van der Waals surface area (Å²) in [6, 6.07) is 5.60. The molecule has 0 radical (unpaired) electrons. The number of pyridine rings is 1. The van der Waals surface area contributed by atoms with E-state index in [9.17, 15) is 0 Å². The summed E-state index contributed by atoms with van der Waals surface area (Å²) < 4.78 is 0. The number of hydrogen-bond acceptors (Lipinski definition) is 3. The van der Waals surface area contributed by atoms with Gasteiger partial charge in [-0.2, -0.15) is 0 Å². The molecular weight excluding hydrogens is 222 g/mol. The second-order valence-electron chi connectivity index (χ2n) is 5.55. The zero-order chi connectivity index (χ0) is 12.4. The second-order valence-corrected chi connectivity index (χ2v) is 5.55. The Morgan fingerprint density at radius 2 is 2.28 bits per heavy atom. The van der Waals surface area contributed by atoms with Crippen LogP contribution in [-0.2, 0) is 0 Å². The number of nitrogens with zero attached hydrogens (tertiary/aromatic N) is 2. The summed E-state index contributed by atoms with van der Waals surface area (Å²) in [5.74, 6) is 1.13. The van der Waals surface area contributed by atoms with Crippen molar-refractivity contribution in [2.45, 2.75) is 51.1 Å². The Kier molecular flexibility index (Phi) is 3.50. The monoisotopic (exact) mass is 245 g/mol. The fourth-order valence-corrected chi connectivity index (χ4v) is 2.96. The smallest absolute Gasteiger partial charge is 0.130 e. The lowest BCUT2D eigenvalue weighted by molar-refractivity contribution is 0.258. The van der Waals surface area contributed by atoms with Gasteiger partial charge in [-0.3, -0.25) is 4.90 Å². The minimum absolute atomic E-state index is 0.583. The molecule has 1 atom stereocenters. The van der Waals surface area contributed by atoms with Crippen LogP contribution in [-0.4, -0.2) is 29.0 Å². The fourth-order valence-electron chi connectivity index (χ4n) is 2.96. The molecule has 0 aromatic carbocycles. The van der Waals surface area contributed by atoms with Crippen LogP contribution in [0.1, 0.15) is 50.6 Å². The molecule has 1 aromatic heterocycles. The van der Waals surface area contributed by atoms with Crippen LogP contribution < -0.4 is 5.32 Å². The first-order chi connectivity index (χ1) is 8.88. The van der Waals surface area contributed by atoms with Gasteiger partial charge in [-0.25, -0.2) is 4.98 Å². The molecule has 1 aromatic rings. The molecular formula is C15H23N3. The van der Waals surface area contributed by atoms with Crippen molar-refractivity contribution in [1.82, 2.24) is 9.88 Å². The highest BCUT2D eigenvalue weighted by Gasteiger charge is 2.29. The predicted molar refractivity (Wildman–Crippen MR) is 74.7 cm³/mol. The van der Waals surface area contributed by atoms with E-state index in [-0.39, 0.29) is 0 Å². The standard InChI is InChI=1S/C15H23N3/c1-2-10-18-11-4-6-14(18)13-5-3-9-16-15(13)17-12-7-8-12/h3,5,9,12,14H,2,4,6-8,10-11H2,1H3,(H,16,17). The Morgan fingerprint density at radius 3 is 3.06 bits per heavy atom. The van der Waals surface area contributed by atoms with Crippen molar-refractivity contribution >= 4 is 5.82 Å². The van der Waals surface area contributed by atoms with Gasteiger partial charge in [0, 0.05) is 23.8 Å². The van der Waals surface area contributed by atoms with E-state index >= 15 is 0 Å². The Hall–Kier alpha value is -1.09. The molecule has 1 unspecified atom stereocenters. The van der Waals surface area contributed by atoms with Gasteiger partial charge in [0.15, 0.2) is 0 Å². The second kappa shape index (κ2) is 5.27. The molecule has 18 heavy (non-hydrogen) atoms. The van der Waals surface area contributed by atoms with Gasteiger partial charge in [0.2, 0.25) is 0 Å². The van der Waals surface area contributed by atoms with Gasteiger partial charge in [0.1, 0.15) is 5.82 Å². The van der Waals surface area contributed by atoms with Gasteiger partial charge in [-0.1, -0.05) is 13.0 Å². The largest absolute Gasteiger partial charge is 0.367 e. The van der Waals surface area contributed by atoms with Crippen molar-refractivity contribution in [2.24, 2.45) is 0 Å². The summed E-state index contributed by atoms with van der Waals surface area (Å²) in [5, 5.41) is 3.59. The Balaban J connectivity index is 1.80. The summed E-state index contributed by atoms with van der Waals surface area (Å²) in [6.07, 6.45) is 8.36. The topological polar surface area (TPSA) is 28.2 Å². The number of hydrogen-bond donors (Lipinski definition) is 1. The Morgan fingerprint density at radius 1 is 1.39 bits per heavy atom. The van der Waals surface area contributed by atoms with Crippen LogP contribution in [0.15, 0.2) is 18.3 Å². The summed E-state index contributed by atoms with van der Waals surface area (Å²) in [4.78, 5) is 7.18. The first kappa shape index (κ1) is 12.0. The number of rotatable bonds is 5. The van der Waals surface area contributed by atoms with Gasteiger partial charge < -0.3 is 5.32 Å². The minimum atomic E-state index is 0.583. The molecule has 0 bridgehead atoms. The lowest BCUT2D eigenvalue weighted by Gasteiger charge is -2.25. The van der Waals surface area contributed by atoms with Crippen LogP contribution in [0.2, 0.25) is 0 Å². The van der Waals surface area contributed by atoms with Crippen LogP contribution in [0.5, 0.6) is 0 Å². The average molecular weight is 245 g/mol. The first-order valence-electron chi connectivity index (χ1n) is 7.34. The summed E-state index contributed by atoms with van der Waals surface area (Å²) in [5.41, 5.74) is 1.41. The molecule has 1 saturated carbocycles. The van der Waals surface area contributed by atoms with Crippen LogP contribution in [0, 0.1) is 0 Å². The van der Waals surface area contributed by atoms with Gasteiger partial charge in [-0.05, 0) is 51.3 Å². The third-order valence-electron chi connectivity index (χ3n) is 3.99. The molecule has 2 aliphatic rings. The van der Waals surface area contributed by atoms with Gasteiger partial charge in [-0.15, -0.1) is 0 Å². The molecule has 1 saturated heterocycles. The van der Waals surface area contributed by atoms with E-state index < -0.39 is 0 Å². The van der Waals surface area contributed by atoms with E-state index in [1.54, 1.807) is 0 Å². The van der Waals surface area contributed by atoms with Crippen molar-refractivity contribution in [1.29, 1.82) is 0 Å². The molecule has 0 spiro atoms. The lowest BCUT2D eigenvalue weighted by atomic mass is 10.1. The molecule has 1 N–H and O–H groups in total. The van der Waals surface area contributed by atoms with Crippen molar-refractivity contribution in [3.8, 4) is 0 Å². The molecule has 2 heterocycles. The van der Waals surface area contributed by atoms with E-state index in [4.69, 9.17) is 0 Å². The Bertz CT molecular complexity index is 400. The summed E-state index contributed by atoms with van der Waals surface area (Å²) in [7, 11) is 0. The highest BCUT2D eigenvalue weighted by molar-refractivity contribution is 5.47. The SMILES string of the molecule is CCCN1CCCC1c1cccnc1NC1CC1. The molecule has 1 aliphatic carbocycles. The third-order valence-corrected chi connectivity index (χ3v) is 3.99. The van der Waals surface area contributed by atoms with Crippen LogP contribution in [0.25, 0.3) is 0 Å². The summed E-state index contributed by atoms with van der Waals surface area (Å²) in [6.45, 7) is 4.72. The number of aromatic nitrogens is 1. The van der Waals surface area contributed by atoms with Crippen molar-refractivity contribution in [2.75, 3.05) is 18.4 Å². The Labute approximate surface area is 110 Å². The number of anilines is 1. The van der Waals surface area contributed by atoms with Gasteiger partial charge in [0.05, 0.1) is 0 Å². The predicted octanol–water partition coefficient (Wildman–Crippen LogP) is 3.20. The van der Waals surface area contributed by atoms with Crippen LogP contribution >= 0.6 is 0 Å². The quantitative estimate of drug-likeness (QED) is 0.863. The first-order valence-corrected chi connectivity index (χ1v) is 7.34. The maximum absolute atomic E-state index is 4.56.